The molecule has 0 saturated carbocycles. The number of anilines is 1. The lowest BCUT2D eigenvalue weighted by molar-refractivity contribution is 0.627. The molecule has 2 aromatic rings. The molecule has 6 heteroatoms. The van der Waals surface area contributed by atoms with Crippen LogP contribution in [0.1, 0.15) is 19.2 Å². The molecule has 0 saturated heterocycles. The van der Waals surface area contributed by atoms with E-state index in [0.717, 1.165) is 18.7 Å². The van der Waals surface area contributed by atoms with Gasteiger partial charge in [-0.3, -0.25) is 0 Å². The van der Waals surface area contributed by atoms with Crippen LogP contribution in [0, 0.1) is 5.82 Å². The van der Waals surface area contributed by atoms with Crippen LogP contribution in [0.3, 0.4) is 0 Å². The average molecular weight is 221 g/mol. The van der Waals surface area contributed by atoms with Gasteiger partial charge in [-0.25, -0.2) is 4.39 Å². The van der Waals surface area contributed by atoms with Gasteiger partial charge in [0.2, 0.25) is 0 Å². The Hall–Kier alpha value is -1.98. The molecule has 1 aromatic carbocycles. The van der Waals surface area contributed by atoms with Gasteiger partial charge >= 0.3 is 0 Å². The summed E-state index contributed by atoms with van der Waals surface area (Å²) in [4.78, 5) is 0. The number of nitrogens with two attached hydrogens (primary N) is 1. The zero-order valence-corrected chi connectivity index (χ0v) is 8.89. The van der Waals surface area contributed by atoms with Crippen LogP contribution in [0.2, 0.25) is 0 Å². The number of tetrazole rings is 1. The summed E-state index contributed by atoms with van der Waals surface area (Å²) >= 11 is 0. The molecule has 0 aliphatic rings. The summed E-state index contributed by atoms with van der Waals surface area (Å²) in [6.07, 6.45) is 1.69. The molecule has 0 aliphatic heterocycles. The highest BCUT2D eigenvalue weighted by molar-refractivity contribution is 5.57. The van der Waals surface area contributed by atoms with Crippen LogP contribution >= 0.6 is 0 Å². The second-order valence-electron chi connectivity index (χ2n) is 3.46. The van der Waals surface area contributed by atoms with Crippen molar-refractivity contribution in [1.82, 2.24) is 20.2 Å². The molecule has 0 unspecified atom stereocenters. The fourth-order valence-electron chi connectivity index (χ4n) is 1.49. The first-order valence-electron chi connectivity index (χ1n) is 5.05. The number of benzene rings is 1. The number of rotatable bonds is 3. The fourth-order valence-corrected chi connectivity index (χ4v) is 1.49. The maximum atomic E-state index is 12.9. The van der Waals surface area contributed by atoms with Gasteiger partial charge < -0.3 is 5.73 Å². The van der Waals surface area contributed by atoms with Crippen LogP contribution in [-0.4, -0.2) is 20.2 Å². The van der Waals surface area contributed by atoms with E-state index in [-0.39, 0.29) is 5.82 Å². The van der Waals surface area contributed by atoms with E-state index >= 15 is 0 Å². The van der Waals surface area contributed by atoms with Crippen molar-refractivity contribution in [3.05, 3.63) is 29.8 Å². The Balaban J connectivity index is 2.46. The van der Waals surface area contributed by atoms with E-state index in [1.165, 1.54) is 16.8 Å². The third kappa shape index (κ3) is 1.86. The van der Waals surface area contributed by atoms with E-state index in [9.17, 15) is 4.39 Å². The summed E-state index contributed by atoms with van der Waals surface area (Å²) in [7, 11) is 0. The molecule has 0 radical (unpaired) electrons. The van der Waals surface area contributed by atoms with E-state index < -0.39 is 0 Å². The first-order valence-corrected chi connectivity index (χ1v) is 5.05. The first kappa shape index (κ1) is 10.5. The Bertz CT molecular complexity index is 494. The Morgan fingerprint density at radius 3 is 2.94 bits per heavy atom. The molecular formula is C10H12FN5. The fraction of sp³-hybridized carbons (Fsp3) is 0.300. The molecule has 0 bridgehead atoms. The van der Waals surface area contributed by atoms with Gasteiger partial charge in [0.25, 0.3) is 0 Å². The summed E-state index contributed by atoms with van der Waals surface area (Å²) in [6.45, 7) is 2.03. The summed E-state index contributed by atoms with van der Waals surface area (Å²) in [5.74, 6) is 0.354. The van der Waals surface area contributed by atoms with Crippen molar-refractivity contribution in [2.24, 2.45) is 0 Å². The lowest BCUT2D eigenvalue weighted by Gasteiger charge is -2.06. The molecule has 2 rings (SSSR count). The number of halogens is 1. The number of hydrogen-bond donors (Lipinski definition) is 1. The summed E-state index contributed by atoms with van der Waals surface area (Å²) in [5, 5.41) is 11.3. The quantitative estimate of drug-likeness (QED) is 0.794. The van der Waals surface area contributed by atoms with Crippen molar-refractivity contribution in [2.75, 3.05) is 5.73 Å². The van der Waals surface area contributed by atoms with Gasteiger partial charge in [0.05, 0.1) is 11.4 Å². The minimum atomic E-state index is -0.369. The van der Waals surface area contributed by atoms with Crippen LogP contribution in [0.25, 0.3) is 5.69 Å². The molecule has 0 amide bonds. The van der Waals surface area contributed by atoms with Crippen LogP contribution in [0.5, 0.6) is 0 Å². The van der Waals surface area contributed by atoms with Gasteiger partial charge in [-0.05, 0) is 35.0 Å². The maximum absolute atomic E-state index is 12.9. The molecule has 0 spiro atoms. The highest BCUT2D eigenvalue weighted by Gasteiger charge is 2.10. The van der Waals surface area contributed by atoms with Gasteiger partial charge in [0.1, 0.15) is 5.82 Å². The van der Waals surface area contributed by atoms with Gasteiger partial charge in [-0.15, -0.1) is 5.10 Å². The van der Waals surface area contributed by atoms with Gasteiger partial charge in [0, 0.05) is 6.42 Å². The van der Waals surface area contributed by atoms with Crippen molar-refractivity contribution >= 4 is 5.69 Å². The Labute approximate surface area is 92.1 Å². The van der Waals surface area contributed by atoms with E-state index in [2.05, 4.69) is 15.5 Å². The third-order valence-corrected chi connectivity index (χ3v) is 2.23. The van der Waals surface area contributed by atoms with Crippen molar-refractivity contribution in [1.29, 1.82) is 0 Å². The zero-order valence-electron chi connectivity index (χ0n) is 8.89. The molecule has 1 heterocycles. The van der Waals surface area contributed by atoms with Crippen LogP contribution in [-0.2, 0) is 6.42 Å². The van der Waals surface area contributed by atoms with Crippen molar-refractivity contribution < 1.29 is 4.39 Å². The highest BCUT2D eigenvalue weighted by Crippen LogP contribution is 2.18. The lowest BCUT2D eigenvalue weighted by atomic mass is 10.2. The van der Waals surface area contributed by atoms with Crippen molar-refractivity contribution in [2.45, 2.75) is 19.8 Å². The monoisotopic (exact) mass is 221 g/mol. The normalized spacial score (nSPS) is 10.6. The number of nitrogens with zero attached hydrogens (tertiary/aromatic N) is 4. The maximum Gasteiger partial charge on any atom is 0.156 e. The molecule has 84 valence electrons. The van der Waals surface area contributed by atoms with Crippen LogP contribution < -0.4 is 5.73 Å². The summed E-state index contributed by atoms with van der Waals surface area (Å²) in [6, 6.07) is 4.16. The van der Waals surface area contributed by atoms with E-state index in [1.807, 2.05) is 6.92 Å². The summed E-state index contributed by atoms with van der Waals surface area (Å²) < 4.78 is 14.4. The predicted octanol–water partition coefficient (Wildman–Crippen LogP) is 1.34. The summed E-state index contributed by atoms with van der Waals surface area (Å²) in [5.41, 5.74) is 6.65. The van der Waals surface area contributed by atoms with Gasteiger partial charge in [-0.2, -0.15) is 4.68 Å². The second-order valence-corrected chi connectivity index (χ2v) is 3.46. The topological polar surface area (TPSA) is 69.6 Å². The second kappa shape index (κ2) is 4.26. The molecule has 1 aromatic heterocycles. The molecule has 0 fully saturated rings. The Morgan fingerprint density at radius 1 is 1.44 bits per heavy atom. The van der Waals surface area contributed by atoms with Crippen molar-refractivity contribution in [3.63, 3.8) is 0 Å². The molecule has 0 atom stereocenters. The minimum absolute atomic E-state index is 0.324. The molecule has 0 aliphatic carbocycles. The zero-order chi connectivity index (χ0) is 11.5. The first-order chi connectivity index (χ1) is 7.72. The molecule has 2 N–H and O–H groups in total. The van der Waals surface area contributed by atoms with Crippen molar-refractivity contribution in [3.8, 4) is 5.69 Å². The van der Waals surface area contributed by atoms with Gasteiger partial charge in [-0.1, -0.05) is 6.92 Å². The molecule has 5 nitrogen and oxygen atoms in total. The van der Waals surface area contributed by atoms with Crippen LogP contribution in [0.4, 0.5) is 10.1 Å². The Morgan fingerprint density at radius 2 is 2.25 bits per heavy atom. The Kier molecular flexibility index (Phi) is 2.80. The standard InChI is InChI=1S/C10H12FN5/c1-2-3-10-13-14-15-16(10)9-5-4-7(11)6-8(9)12/h4-6H,2-3,12H2,1H3. The van der Waals surface area contributed by atoms with E-state index in [1.54, 1.807) is 6.07 Å². The number of hydrogen-bond acceptors (Lipinski definition) is 4. The number of aromatic nitrogens is 4. The SMILES string of the molecule is CCCc1nnnn1-c1ccc(F)cc1N. The van der Waals surface area contributed by atoms with E-state index in [0.29, 0.717) is 11.4 Å². The van der Waals surface area contributed by atoms with E-state index in [4.69, 9.17) is 5.73 Å². The van der Waals surface area contributed by atoms with Gasteiger partial charge in [0.15, 0.2) is 5.82 Å². The molecule has 16 heavy (non-hydrogen) atoms. The highest BCUT2D eigenvalue weighted by atomic mass is 19.1. The predicted molar refractivity (Wildman–Crippen MR) is 57.5 cm³/mol. The number of nitrogen functional groups attached to an aromatic ring is 1. The minimum Gasteiger partial charge on any atom is -0.397 e. The number of aryl methyl sites for hydroxylation is 1. The smallest absolute Gasteiger partial charge is 0.156 e. The lowest BCUT2D eigenvalue weighted by Crippen LogP contribution is -2.06. The average Bonchev–Trinajstić information content (AvgIpc) is 2.67. The van der Waals surface area contributed by atoms with Crippen LogP contribution in [0.15, 0.2) is 18.2 Å². The molecular weight excluding hydrogens is 209 g/mol. The largest absolute Gasteiger partial charge is 0.397 e. The third-order valence-electron chi connectivity index (χ3n) is 2.23.